The highest BCUT2D eigenvalue weighted by atomic mass is 35.5. The van der Waals surface area contributed by atoms with E-state index in [2.05, 4.69) is 5.32 Å². The fourth-order valence-corrected chi connectivity index (χ4v) is 2.22. The molecule has 5 nitrogen and oxygen atoms in total. The van der Waals surface area contributed by atoms with Crippen molar-refractivity contribution in [2.24, 2.45) is 0 Å². The third-order valence-electron chi connectivity index (χ3n) is 2.88. The van der Waals surface area contributed by atoms with Gasteiger partial charge in [-0.25, -0.2) is 0 Å². The first kappa shape index (κ1) is 13.9. The molecule has 0 fully saturated rings. The van der Waals surface area contributed by atoms with Crippen LogP contribution in [-0.4, -0.2) is 12.5 Å². The predicted octanol–water partition coefficient (Wildman–Crippen LogP) is 3.70. The molecule has 0 bridgehead atoms. The molecule has 1 aliphatic heterocycles. The summed E-state index contributed by atoms with van der Waals surface area (Å²) in [6.45, 7) is -0.0350. The highest BCUT2D eigenvalue weighted by Gasteiger charge is 2.19. The van der Waals surface area contributed by atoms with E-state index in [0.29, 0.717) is 33.6 Å². The van der Waals surface area contributed by atoms with Crippen molar-refractivity contribution in [3.8, 4) is 17.2 Å². The second-order valence-corrected chi connectivity index (χ2v) is 5.16. The van der Waals surface area contributed by atoms with E-state index < -0.39 is 0 Å². The van der Waals surface area contributed by atoms with E-state index in [9.17, 15) is 4.79 Å². The van der Waals surface area contributed by atoms with Crippen LogP contribution in [0, 0.1) is 0 Å². The summed E-state index contributed by atoms with van der Waals surface area (Å²) in [6.07, 6.45) is 0. The number of anilines is 2. The van der Waals surface area contributed by atoms with Gasteiger partial charge in [0.25, 0.3) is 5.91 Å². The molecule has 3 N–H and O–H groups in total. The van der Waals surface area contributed by atoms with Gasteiger partial charge >= 0.3 is 0 Å². The summed E-state index contributed by atoms with van der Waals surface area (Å²) in [7, 11) is 0. The van der Waals surface area contributed by atoms with Crippen LogP contribution in [0.5, 0.6) is 17.2 Å². The fourth-order valence-electron chi connectivity index (χ4n) is 1.89. The van der Waals surface area contributed by atoms with Crippen molar-refractivity contribution in [3.63, 3.8) is 0 Å². The van der Waals surface area contributed by atoms with Crippen LogP contribution in [0.15, 0.2) is 30.3 Å². The Morgan fingerprint density at radius 3 is 2.86 bits per heavy atom. The number of benzene rings is 2. The molecular weight excluding hydrogens is 315 g/mol. The summed E-state index contributed by atoms with van der Waals surface area (Å²) < 4.78 is 10.9. The van der Waals surface area contributed by atoms with Crippen molar-refractivity contribution in [1.29, 1.82) is 0 Å². The lowest BCUT2D eigenvalue weighted by Gasteiger charge is -2.20. The molecule has 0 saturated carbocycles. The molecule has 108 valence electrons. The first-order chi connectivity index (χ1) is 10.0. The largest absolute Gasteiger partial charge is 0.481 e. The topological polar surface area (TPSA) is 73.6 Å². The molecular formula is C14H10Cl2N2O3. The second-order valence-electron chi connectivity index (χ2n) is 4.38. The second kappa shape index (κ2) is 5.35. The third kappa shape index (κ3) is 2.70. The first-order valence-electron chi connectivity index (χ1n) is 6.02. The highest BCUT2D eigenvalue weighted by Crippen LogP contribution is 2.41. The number of hydrogen-bond donors (Lipinski definition) is 2. The Labute approximate surface area is 130 Å². The number of carbonyl (C=O) groups is 1. The number of amides is 1. The number of nitrogens with two attached hydrogens (primary N) is 1. The Hall–Kier alpha value is -2.11. The normalized spacial score (nSPS) is 13.1. The van der Waals surface area contributed by atoms with Crippen molar-refractivity contribution in [2.45, 2.75) is 0 Å². The van der Waals surface area contributed by atoms with Gasteiger partial charge in [0.05, 0.1) is 16.4 Å². The number of carbonyl (C=O) groups excluding carboxylic acids is 1. The maximum absolute atomic E-state index is 11.3. The number of ether oxygens (including phenoxy) is 2. The van der Waals surface area contributed by atoms with Crippen LogP contribution >= 0.6 is 23.2 Å². The monoisotopic (exact) mass is 324 g/mol. The molecule has 0 aromatic heterocycles. The van der Waals surface area contributed by atoms with Gasteiger partial charge in [-0.3, -0.25) is 4.79 Å². The van der Waals surface area contributed by atoms with E-state index in [1.54, 1.807) is 30.3 Å². The van der Waals surface area contributed by atoms with Gasteiger partial charge in [-0.05, 0) is 12.1 Å². The summed E-state index contributed by atoms with van der Waals surface area (Å²) in [5.74, 6) is 0.984. The minimum absolute atomic E-state index is 0.0350. The van der Waals surface area contributed by atoms with Crippen molar-refractivity contribution >= 4 is 40.5 Å². The Balaban J connectivity index is 1.97. The molecule has 21 heavy (non-hydrogen) atoms. The van der Waals surface area contributed by atoms with Crippen LogP contribution in [0.25, 0.3) is 0 Å². The smallest absolute Gasteiger partial charge is 0.262 e. The van der Waals surface area contributed by atoms with Crippen LogP contribution in [0.2, 0.25) is 10.0 Å². The lowest BCUT2D eigenvalue weighted by molar-refractivity contribution is -0.118. The number of hydrogen-bond acceptors (Lipinski definition) is 4. The van der Waals surface area contributed by atoms with E-state index in [4.69, 9.17) is 38.4 Å². The van der Waals surface area contributed by atoms with E-state index in [0.717, 1.165) is 0 Å². The molecule has 0 unspecified atom stereocenters. The summed E-state index contributed by atoms with van der Waals surface area (Å²) >= 11 is 12.0. The molecule has 7 heteroatoms. The Bertz CT molecular complexity index is 734. The van der Waals surface area contributed by atoms with Gasteiger partial charge in [-0.2, -0.15) is 0 Å². The zero-order chi connectivity index (χ0) is 15.0. The van der Waals surface area contributed by atoms with Crippen LogP contribution in [0.1, 0.15) is 0 Å². The molecule has 2 aromatic carbocycles. The standard InChI is InChI=1S/C14H10Cl2N2O3/c15-7-2-1-3-10(14(7)16)21-11-5-9-12(4-8(11)17)20-6-13(19)18-9/h1-5H,6,17H2,(H,18,19). The number of rotatable bonds is 2. The maximum atomic E-state index is 11.3. The van der Waals surface area contributed by atoms with E-state index in [-0.39, 0.29) is 17.5 Å². The Morgan fingerprint density at radius 2 is 2.05 bits per heavy atom. The van der Waals surface area contributed by atoms with E-state index in [1.807, 2.05) is 0 Å². The number of halogens is 2. The molecule has 2 aromatic rings. The number of nitrogens with one attached hydrogen (secondary N) is 1. The summed E-state index contributed by atoms with van der Waals surface area (Å²) in [5, 5.41) is 3.35. The lowest BCUT2D eigenvalue weighted by Crippen LogP contribution is -2.25. The van der Waals surface area contributed by atoms with Gasteiger partial charge in [0, 0.05) is 12.1 Å². The van der Waals surface area contributed by atoms with Gasteiger partial charge in [-0.15, -0.1) is 0 Å². The average molecular weight is 325 g/mol. The summed E-state index contributed by atoms with van der Waals surface area (Å²) in [6, 6.07) is 8.20. The molecule has 3 rings (SSSR count). The molecule has 0 radical (unpaired) electrons. The zero-order valence-corrected chi connectivity index (χ0v) is 12.2. The maximum Gasteiger partial charge on any atom is 0.262 e. The van der Waals surface area contributed by atoms with Crippen molar-refractivity contribution in [2.75, 3.05) is 17.7 Å². The SMILES string of the molecule is Nc1cc2c(cc1Oc1cccc(Cl)c1Cl)NC(=O)CO2. The highest BCUT2D eigenvalue weighted by molar-refractivity contribution is 6.42. The molecule has 1 aliphatic rings. The molecule has 0 aliphatic carbocycles. The minimum atomic E-state index is -0.237. The van der Waals surface area contributed by atoms with Crippen molar-refractivity contribution in [3.05, 3.63) is 40.4 Å². The van der Waals surface area contributed by atoms with Crippen molar-refractivity contribution < 1.29 is 14.3 Å². The molecule has 0 atom stereocenters. The quantitative estimate of drug-likeness (QED) is 0.826. The molecule has 0 saturated heterocycles. The van der Waals surface area contributed by atoms with Gasteiger partial charge < -0.3 is 20.5 Å². The Kier molecular flexibility index (Phi) is 3.53. The minimum Gasteiger partial charge on any atom is -0.481 e. The van der Waals surface area contributed by atoms with Gasteiger partial charge in [0.2, 0.25) is 0 Å². The van der Waals surface area contributed by atoms with Gasteiger partial charge in [0.15, 0.2) is 12.4 Å². The van der Waals surface area contributed by atoms with Crippen LogP contribution in [0.3, 0.4) is 0 Å². The van der Waals surface area contributed by atoms with E-state index >= 15 is 0 Å². The lowest BCUT2D eigenvalue weighted by atomic mass is 10.2. The van der Waals surface area contributed by atoms with Gasteiger partial charge in [0.1, 0.15) is 16.5 Å². The predicted molar refractivity (Wildman–Crippen MR) is 81.5 cm³/mol. The summed E-state index contributed by atoms with van der Waals surface area (Å²) in [4.78, 5) is 11.3. The van der Waals surface area contributed by atoms with Gasteiger partial charge in [-0.1, -0.05) is 29.3 Å². The third-order valence-corrected chi connectivity index (χ3v) is 3.68. The molecule has 1 heterocycles. The van der Waals surface area contributed by atoms with Crippen molar-refractivity contribution in [1.82, 2.24) is 0 Å². The van der Waals surface area contributed by atoms with Crippen LogP contribution in [-0.2, 0) is 4.79 Å². The first-order valence-corrected chi connectivity index (χ1v) is 6.78. The molecule has 1 amide bonds. The summed E-state index contributed by atoms with van der Waals surface area (Å²) in [5.41, 5.74) is 6.78. The van der Waals surface area contributed by atoms with E-state index in [1.165, 1.54) is 0 Å². The van der Waals surface area contributed by atoms with Crippen LogP contribution < -0.4 is 20.5 Å². The number of nitrogen functional groups attached to an aromatic ring is 1. The molecule has 0 spiro atoms. The number of fused-ring (bicyclic) bond motifs is 1. The Morgan fingerprint density at radius 1 is 1.24 bits per heavy atom. The fraction of sp³-hybridized carbons (Fsp3) is 0.0714. The van der Waals surface area contributed by atoms with Crippen LogP contribution in [0.4, 0.5) is 11.4 Å². The average Bonchev–Trinajstić information content (AvgIpc) is 2.45. The zero-order valence-electron chi connectivity index (χ0n) is 10.7.